The highest BCUT2D eigenvalue weighted by Crippen LogP contribution is 2.22. The first-order chi connectivity index (χ1) is 13.5. The van der Waals surface area contributed by atoms with Gasteiger partial charge in [0.05, 0.1) is 12.8 Å². The van der Waals surface area contributed by atoms with Crippen LogP contribution in [0.15, 0.2) is 47.3 Å². The maximum Gasteiger partial charge on any atom is 0.254 e. The van der Waals surface area contributed by atoms with Gasteiger partial charge in [0.2, 0.25) is 0 Å². The Balaban J connectivity index is 1.59. The molecule has 1 N–H and O–H groups in total. The zero-order valence-electron chi connectivity index (χ0n) is 16.0. The molecule has 0 spiro atoms. The lowest BCUT2D eigenvalue weighted by Gasteiger charge is -2.28. The third kappa shape index (κ3) is 3.68. The highest BCUT2D eigenvalue weighted by atomic mass is 19.1. The Bertz CT molecular complexity index is 1060. The summed E-state index contributed by atoms with van der Waals surface area (Å²) in [6, 6.07) is 12.8. The van der Waals surface area contributed by atoms with E-state index in [1.54, 1.807) is 12.1 Å². The first-order valence-corrected chi connectivity index (χ1v) is 9.27. The molecule has 0 atom stereocenters. The van der Waals surface area contributed by atoms with E-state index in [4.69, 9.17) is 9.72 Å². The van der Waals surface area contributed by atoms with Crippen molar-refractivity contribution in [3.63, 3.8) is 0 Å². The molecule has 0 fully saturated rings. The van der Waals surface area contributed by atoms with Crippen molar-refractivity contribution < 1.29 is 9.13 Å². The number of ether oxygens (including phenoxy) is 1. The van der Waals surface area contributed by atoms with E-state index in [0.29, 0.717) is 43.2 Å². The lowest BCUT2D eigenvalue weighted by molar-refractivity contribution is 0.237. The van der Waals surface area contributed by atoms with E-state index in [-0.39, 0.29) is 11.4 Å². The van der Waals surface area contributed by atoms with Crippen LogP contribution in [0.5, 0.6) is 5.75 Å². The molecule has 0 bridgehead atoms. The summed E-state index contributed by atoms with van der Waals surface area (Å²) in [4.78, 5) is 22.2. The van der Waals surface area contributed by atoms with Crippen LogP contribution in [0.3, 0.4) is 0 Å². The van der Waals surface area contributed by atoms with E-state index in [1.807, 2.05) is 31.2 Å². The number of nitrogens with zero attached hydrogens (tertiary/aromatic N) is 2. The number of fused-ring (bicyclic) bond motifs is 1. The van der Waals surface area contributed by atoms with Gasteiger partial charge in [-0.1, -0.05) is 35.9 Å². The Kier molecular flexibility index (Phi) is 4.96. The molecular formula is C22H22FN3O2. The molecule has 28 heavy (non-hydrogen) atoms. The maximum absolute atomic E-state index is 14.3. The Morgan fingerprint density at radius 3 is 2.71 bits per heavy atom. The predicted molar refractivity (Wildman–Crippen MR) is 106 cm³/mol. The molecule has 1 aliphatic rings. The number of aromatic amines is 1. The molecule has 0 amide bonds. The molecule has 2 heterocycles. The number of aromatic nitrogens is 2. The highest BCUT2D eigenvalue weighted by molar-refractivity contribution is 5.55. The third-order valence-electron chi connectivity index (χ3n) is 5.13. The fourth-order valence-corrected chi connectivity index (χ4v) is 3.50. The van der Waals surface area contributed by atoms with Gasteiger partial charge < -0.3 is 9.72 Å². The SMILES string of the molecule is COc1ccc(CN2CCc3c(nc(-c4ccc(C)cc4)[nH]c3=O)C2)c(F)c1. The van der Waals surface area contributed by atoms with E-state index < -0.39 is 0 Å². The van der Waals surface area contributed by atoms with E-state index in [0.717, 1.165) is 22.4 Å². The Hall–Kier alpha value is -2.99. The van der Waals surface area contributed by atoms with Crippen molar-refractivity contribution >= 4 is 0 Å². The van der Waals surface area contributed by atoms with Crippen LogP contribution in [0.25, 0.3) is 11.4 Å². The summed E-state index contributed by atoms with van der Waals surface area (Å²) in [5.74, 6) is 0.784. The third-order valence-corrected chi connectivity index (χ3v) is 5.13. The van der Waals surface area contributed by atoms with Crippen LogP contribution in [0, 0.1) is 12.7 Å². The van der Waals surface area contributed by atoms with Crippen LogP contribution in [0.2, 0.25) is 0 Å². The lowest BCUT2D eigenvalue weighted by atomic mass is 10.0. The molecule has 1 aromatic heterocycles. The van der Waals surface area contributed by atoms with Crippen LogP contribution < -0.4 is 10.3 Å². The second kappa shape index (κ2) is 7.56. The van der Waals surface area contributed by atoms with Crippen LogP contribution in [0.4, 0.5) is 4.39 Å². The summed E-state index contributed by atoms with van der Waals surface area (Å²) in [7, 11) is 1.52. The Morgan fingerprint density at radius 2 is 2.00 bits per heavy atom. The minimum Gasteiger partial charge on any atom is -0.497 e. The van der Waals surface area contributed by atoms with Crippen molar-refractivity contribution in [2.45, 2.75) is 26.4 Å². The van der Waals surface area contributed by atoms with Gasteiger partial charge in [0, 0.05) is 42.4 Å². The smallest absolute Gasteiger partial charge is 0.254 e. The van der Waals surface area contributed by atoms with Gasteiger partial charge in [-0.3, -0.25) is 9.69 Å². The molecule has 0 saturated carbocycles. The van der Waals surface area contributed by atoms with Crippen molar-refractivity contribution in [2.24, 2.45) is 0 Å². The Morgan fingerprint density at radius 1 is 1.21 bits per heavy atom. The van der Waals surface area contributed by atoms with Gasteiger partial charge in [-0.25, -0.2) is 9.37 Å². The summed E-state index contributed by atoms with van der Waals surface area (Å²) in [6.07, 6.45) is 0.601. The predicted octanol–water partition coefficient (Wildman–Crippen LogP) is 3.45. The number of methoxy groups -OCH3 is 1. The van der Waals surface area contributed by atoms with Crippen molar-refractivity contribution in [1.82, 2.24) is 14.9 Å². The largest absolute Gasteiger partial charge is 0.497 e. The monoisotopic (exact) mass is 379 g/mol. The first kappa shape index (κ1) is 18.4. The van der Waals surface area contributed by atoms with Crippen molar-refractivity contribution in [1.29, 1.82) is 0 Å². The molecule has 2 aromatic carbocycles. The summed E-state index contributed by atoms with van der Waals surface area (Å²) in [6.45, 7) is 3.68. The molecular weight excluding hydrogens is 357 g/mol. The van der Waals surface area contributed by atoms with Gasteiger partial charge in [0.25, 0.3) is 5.56 Å². The normalized spacial score (nSPS) is 14.0. The summed E-state index contributed by atoms with van der Waals surface area (Å²) in [5, 5.41) is 0. The number of aryl methyl sites for hydroxylation is 1. The van der Waals surface area contributed by atoms with Gasteiger partial charge in [0.15, 0.2) is 0 Å². The van der Waals surface area contributed by atoms with Crippen LogP contribution in [0.1, 0.15) is 22.4 Å². The van der Waals surface area contributed by atoms with E-state index in [2.05, 4.69) is 9.88 Å². The fraction of sp³-hybridized carbons (Fsp3) is 0.273. The van der Waals surface area contributed by atoms with Crippen molar-refractivity contribution in [3.8, 4) is 17.1 Å². The molecule has 1 aliphatic heterocycles. The molecule has 6 heteroatoms. The van der Waals surface area contributed by atoms with Gasteiger partial charge in [0.1, 0.15) is 17.4 Å². The minimum absolute atomic E-state index is 0.0872. The van der Waals surface area contributed by atoms with Gasteiger partial charge in [-0.2, -0.15) is 0 Å². The lowest BCUT2D eigenvalue weighted by Crippen LogP contribution is -2.35. The van der Waals surface area contributed by atoms with Crippen molar-refractivity contribution in [3.05, 3.63) is 81.0 Å². The number of hydrogen-bond donors (Lipinski definition) is 1. The second-order valence-corrected chi connectivity index (χ2v) is 7.12. The van der Waals surface area contributed by atoms with E-state index in [1.165, 1.54) is 13.2 Å². The zero-order chi connectivity index (χ0) is 19.7. The average molecular weight is 379 g/mol. The van der Waals surface area contributed by atoms with Crippen LogP contribution >= 0.6 is 0 Å². The molecule has 3 aromatic rings. The average Bonchev–Trinajstić information content (AvgIpc) is 2.69. The van der Waals surface area contributed by atoms with E-state index >= 15 is 0 Å². The quantitative estimate of drug-likeness (QED) is 0.754. The maximum atomic E-state index is 14.3. The molecule has 4 rings (SSSR count). The second-order valence-electron chi connectivity index (χ2n) is 7.12. The van der Waals surface area contributed by atoms with Crippen LogP contribution in [-0.4, -0.2) is 28.5 Å². The fourth-order valence-electron chi connectivity index (χ4n) is 3.50. The number of H-pyrrole nitrogens is 1. The van der Waals surface area contributed by atoms with Crippen LogP contribution in [-0.2, 0) is 19.5 Å². The minimum atomic E-state index is -0.288. The topological polar surface area (TPSA) is 58.2 Å². The summed E-state index contributed by atoms with van der Waals surface area (Å²) >= 11 is 0. The molecule has 0 unspecified atom stereocenters. The number of hydrogen-bond acceptors (Lipinski definition) is 4. The Labute approximate surface area is 162 Å². The number of rotatable bonds is 4. The van der Waals surface area contributed by atoms with E-state index in [9.17, 15) is 9.18 Å². The summed E-state index contributed by atoms with van der Waals surface area (Å²) < 4.78 is 19.4. The molecule has 0 radical (unpaired) electrons. The molecule has 144 valence electrons. The van der Waals surface area contributed by atoms with Gasteiger partial charge in [-0.05, 0) is 19.4 Å². The molecule has 0 saturated heterocycles. The first-order valence-electron chi connectivity index (χ1n) is 9.27. The van der Waals surface area contributed by atoms with Gasteiger partial charge in [-0.15, -0.1) is 0 Å². The van der Waals surface area contributed by atoms with Gasteiger partial charge >= 0.3 is 0 Å². The molecule has 0 aliphatic carbocycles. The summed E-state index contributed by atoms with van der Waals surface area (Å²) in [5.41, 5.74) is 4.03. The highest BCUT2D eigenvalue weighted by Gasteiger charge is 2.22. The molecule has 5 nitrogen and oxygen atoms in total. The number of halogens is 1. The zero-order valence-corrected chi connectivity index (χ0v) is 16.0. The van der Waals surface area contributed by atoms with Crippen molar-refractivity contribution in [2.75, 3.05) is 13.7 Å². The number of benzene rings is 2. The number of nitrogens with one attached hydrogen (secondary N) is 1. The standard InChI is InChI=1S/C22H22FN3O2/c1-14-3-5-15(6-4-14)21-24-20-13-26(10-9-18(20)22(27)25-21)12-16-7-8-17(28-2)11-19(16)23/h3-8,11H,9-10,12-13H2,1-2H3,(H,24,25,27).